The Labute approximate surface area is 237 Å². The lowest BCUT2D eigenvalue weighted by Crippen LogP contribution is -2.40. The SMILES string of the molecule is CC1=C(C(=O)Nc2ccccc2)C(c2ccc(F)cc2)n2c(s/c(=C\c3ccc(-c4cccc(Cl)c4)o3)c2=O)=N1. The standard InChI is InChI=1S/C31H21ClFN3O3S/c1-18-27(29(37)35-23-8-3-2-4-9-23)28(19-10-12-22(33)13-11-19)36-30(38)26(40-31(36)34-18)17-24-14-15-25(39-24)20-6-5-7-21(32)16-20/h2-17,28H,1H3,(H,35,37)/b26-17-. The topological polar surface area (TPSA) is 76.6 Å². The van der Waals surface area contributed by atoms with Crippen molar-refractivity contribution in [3.8, 4) is 11.3 Å². The van der Waals surface area contributed by atoms with Crippen LogP contribution in [-0.2, 0) is 4.79 Å². The van der Waals surface area contributed by atoms with Crippen LogP contribution >= 0.6 is 22.9 Å². The Bertz CT molecular complexity index is 1960. The summed E-state index contributed by atoms with van der Waals surface area (Å²) in [5.41, 5.74) is 2.44. The Morgan fingerprint density at radius 3 is 2.58 bits per heavy atom. The molecule has 0 spiro atoms. The van der Waals surface area contributed by atoms with Gasteiger partial charge in [-0.3, -0.25) is 14.2 Å². The number of allylic oxidation sites excluding steroid dienone is 1. The van der Waals surface area contributed by atoms with E-state index in [0.29, 0.717) is 48.4 Å². The molecule has 0 bridgehead atoms. The predicted octanol–water partition coefficient (Wildman–Crippen LogP) is 5.93. The third kappa shape index (κ3) is 4.95. The lowest BCUT2D eigenvalue weighted by molar-refractivity contribution is -0.113. The van der Waals surface area contributed by atoms with Gasteiger partial charge in [0.05, 0.1) is 21.8 Å². The molecule has 198 valence electrons. The van der Waals surface area contributed by atoms with Gasteiger partial charge in [0, 0.05) is 22.3 Å². The van der Waals surface area contributed by atoms with Crippen LogP contribution in [0.1, 0.15) is 24.3 Å². The van der Waals surface area contributed by atoms with Gasteiger partial charge in [-0.25, -0.2) is 9.38 Å². The molecule has 5 aromatic rings. The average molecular weight is 570 g/mol. The molecule has 6 rings (SSSR count). The molecule has 3 heterocycles. The Morgan fingerprint density at radius 2 is 1.82 bits per heavy atom. The normalized spacial score (nSPS) is 15.1. The Balaban J connectivity index is 1.45. The van der Waals surface area contributed by atoms with Crippen LogP contribution in [0, 0.1) is 5.82 Å². The van der Waals surface area contributed by atoms with E-state index < -0.39 is 17.8 Å². The molecular formula is C31H21ClFN3O3S. The van der Waals surface area contributed by atoms with Gasteiger partial charge in [-0.2, -0.15) is 0 Å². The van der Waals surface area contributed by atoms with Crippen LogP contribution in [0.3, 0.4) is 0 Å². The highest BCUT2D eigenvalue weighted by Crippen LogP contribution is 2.31. The van der Waals surface area contributed by atoms with Crippen molar-refractivity contribution in [2.24, 2.45) is 4.99 Å². The number of amides is 1. The molecule has 0 radical (unpaired) electrons. The van der Waals surface area contributed by atoms with Crippen molar-refractivity contribution in [1.82, 2.24) is 4.57 Å². The van der Waals surface area contributed by atoms with Crippen molar-refractivity contribution < 1.29 is 13.6 Å². The van der Waals surface area contributed by atoms with Crippen LogP contribution < -0.4 is 20.2 Å². The van der Waals surface area contributed by atoms with Crippen LogP contribution in [0.15, 0.2) is 116 Å². The van der Waals surface area contributed by atoms with Crippen LogP contribution in [0.25, 0.3) is 17.4 Å². The molecule has 1 N–H and O–H groups in total. The van der Waals surface area contributed by atoms with Gasteiger partial charge >= 0.3 is 0 Å². The number of thiazole rings is 1. The van der Waals surface area contributed by atoms with Gasteiger partial charge in [0.2, 0.25) is 0 Å². The maximum Gasteiger partial charge on any atom is 0.271 e. The van der Waals surface area contributed by atoms with Crippen LogP contribution in [0.5, 0.6) is 0 Å². The fraction of sp³-hybridized carbons (Fsp3) is 0.0645. The number of nitrogens with one attached hydrogen (secondary N) is 1. The second kappa shape index (κ2) is 10.6. The molecule has 1 unspecified atom stereocenters. The zero-order chi connectivity index (χ0) is 27.8. The van der Waals surface area contributed by atoms with Crippen molar-refractivity contribution in [3.63, 3.8) is 0 Å². The van der Waals surface area contributed by atoms with Crippen molar-refractivity contribution in [1.29, 1.82) is 0 Å². The van der Waals surface area contributed by atoms with Crippen molar-refractivity contribution in [2.75, 3.05) is 5.32 Å². The molecule has 3 aromatic carbocycles. The minimum Gasteiger partial charge on any atom is -0.457 e. The molecule has 0 fully saturated rings. The van der Waals surface area contributed by atoms with E-state index in [0.717, 1.165) is 5.56 Å². The summed E-state index contributed by atoms with van der Waals surface area (Å²) in [5, 5.41) is 3.49. The number of hydrogen-bond donors (Lipinski definition) is 1. The molecule has 6 nitrogen and oxygen atoms in total. The zero-order valence-corrected chi connectivity index (χ0v) is 22.7. The quantitative estimate of drug-likeness (QED) is 0.285. The third-order valence-electron chi connectivity index (χ3n) is 6.49. The van der Waals surface area contributed by atoms with E-state index in [1.165, 1.54) is 28.0 Å². The van der Waals surface area contributed by atoms with Crippen LogP contribution in [-0.4, -0.2) is 10.5 Å². The van der Waals surface area contributed by atoms with E-state index >= 15 is 0 Å². The number of hydrogen-bond acceptors (Lipinski definition) is 5. The summed E-state index contributed by atoms with van der Waals surface area (Å²) in [6, 6.07) is 24.9. The van der Waals surface area contributed by atoms with Gasteiger partial charge in [0.15, 0.2) is 4.80 Å². The molecule has 1 atom stereocenters. The summed E-state index contributed by atoms with van der Waals surface area (Å²) in [6.45, 7) is 1.73. The van der Waals surface area contributed by atoms with E-state index in [4.69, 9.17) is 16.0 Å². The van der Waals surface area contributed by atoms with E-state index in [9.17, 15) is 14.0 Å². The van der Waals surface area contributed by atoms with Gasteiger partial charge in [-0.15, -0.1) is 0 Å². The first-order valence-corrected chi connectivity index (χ1v) is 13.6. The molecule has 1 aliphatic heterocycles. The number of fused-ring (bicyclic) bond motifs is 1. The second-order valence-corrected chi connectivity index (χ2v) is 10.6. The number of rotatable bonds is 5. The van der Waals surface area contributed by atoms with Gasteiger partial charge in [0.25, 0.3) is 11.5 Å². The third-order valence-corrected chi connectivity index (χ3v) is 7.71. The molecule has 40 heavy (non-hydrogen) atoms. The van der Waals surface area contributed by atoms with E-state index in [-0.39, 0.29) is 5.56 Å². The van der Waals surface area contributed by atoms with E-state index in [1.807, 2.05) is 36.4 Å². The smallest absolute Gasteiger partial charge is 0.271 e. The number of para-hydroxylation sites is 1. The molecule has 0 aliphatic carbocycles. The first-order valence-electron chi connectivity index (χ1n) is 12.4. The Kier molecular flexibility index (Phi) is 6.79. The second-order valence-electron chi connectivity index (χ2n) is 9.17. The Hall–Kier alpha value is -4.53. The summed E-state index contributed by atoms with van der Waals surface area (Å²) in [4.78, 5) is 32.4. The maximum absolute atomic E-state index is 13.8. The van der Waals surface area contributed by atoms with Gasteiger partial charge in [-0.05, 0) is 61.0 Å². The lowest BCUT2D eigenvalue weighted by atomic mass is 9.95. The maximum atomic E-state index is 13.8. The molecule has 2 aromatic heterocycles. The molecule has 0 saturated carbocycles. The lowest BCUT2D eigenvalue weighted by Gasteiger charge is -2.25. The Morgan fingerprint density at radius 1 is 1.05 bits per heavy atom. The van der Waals surface area contributed by atoms with Crippen molar-refractivity contribution in [2.45, 2.75) is 13.0 Å². The first-order chi connectivity index (χ1) is 19.4. The average Bonchev–Trinajstić information content (AvgIpc) is 3.53. The molecule has 9 heteroatoms. The van der Waals surface area contributed by atoms with Crippen LogP contribution in [0.4, 0.5) is 10.1 Å². The van der Waals surface area contributed by atoms with E-state index in [2.05, 4.69) is 10.3 Å². The molecular weight excluding hydrogens is 549 g/mol. The summed E-state index contributed by atoms with van der Waals surface area (Å²) in [5.74, 6) is 0.284. The van der Waals surface area contributed by atoms with Gasteiger partial charge in [0.1, 0.15) is 17.3 Å². The fourth-order valence-corrected chi connectivity index (χ4v) is 5.87. The summed E-state index contributed by atoms with van der Waals surface area (Å²) in [6.07, 6.45) is 1.66. The number of carbonyl (C=O) groups excluding carboxylic acids is 1. The molecule has 1 amide bonds. The number of anilines is 1. The fourth-order valence-electron chi connectivity index (χ4n) is 4.65. The highest BCUT2D eigenvalue weighted by Gasteiger charge is 2.32. The molecule has 0 saturated heterocycles. The highest BCUT2D eigenvalue weighted by molar-refractivity contribution is 7.07. The zero-order valence-electron chi connectivity index (χ0n) is 21.1. The van der Waals surface area contributed by atoms with Crippen molar-refractivity contribution >= 4 is 40.6 Å². The van der Waals surface area contributed by atoms with Crippen molar-refractivity contribution in [3.05, 3.63) is 144 Å². The largest absolute Gasteiger partial charge is 0.457 e. The number of furan rings is 1. The number of nitrogens with zero attached hydrogens (tertiary/aromatic N) is 2. The number of benzene rings is 3. The summed E-state index contributed by atoms with van der Waals surface area (Å²) in [7, 11) is 0. The highest BCUT2D eigenvalue weighted by atomic mass is 35.5. The first kappa shape index (κ1) is 25.7. The number of aromatic nitrogens is 1. The molecule has 1 aliphatic rings. The minimum absolute atomic E-state index is 0.302. The summed E-state index contributed by atoms with van der Waals surface area (Å²) >= 11 is 7.31. The predicted molar refractivity (Wildman–Crippen MR) is 154 cm³/mol. The monoisotopic (exact) mass is 569 g/mol. The number of carbonyl (C=O) groups is 1. The van der Waals surface area contributed by atoms with Gasteiger partial charge in [-0.1, -0.05) is 65.4 Å². The van der Waals surface area contributed by atoms with Crippen LogP contribution in [0.2, 0.25) is 5.02 Å². The van der Waals surface area contributed by atoms with E-state index in [1.54, 1.807) is 55.5 Å². The number of halogens is 2. The summed E-state index contributed by atoms with van der Waals surface area (Å²) < 4.78 is 21.7. The minimum atomic E-state index is -0.804. The van der Waals surface area contributed by atoms with Gasteiger partial charge < -0.3 is 9.73 Å².